The molecule has 0 unspecified atom stereocenters. The first-order valence-electron chi connectivity index (χ1n) is 7.09. The first-order chi connectivity index (χ1) is 10.1. The van der Waals surface area contributed by atoms with E-state index in [0.717, 1.165) is 36.5 Å². The Morgan fingerprint density at radius 1 is 1.24 bits per heavy atom. The molecule has 0 spiro atoms. The molecule has 0 atom stereocenters. The predicted molar refractivity (Wildman–Crippen MR) is 87.2 cm³/mol. The van der Waals surface area contributed by atoms with Crippen molar-refractivity contribution in [3.63, 3.8) is 0 Å². The predicted octanol–water partition coefficient (Wildman–Crippen LogP) is 2.56. The third-order valence-electron chi connectivity index (χ3n) is 4.17. The van der Waals surface area contributed by atoms with Crippen LogP contribution in [0.4, 0.5) is 0 Å². The zero-order valence-corrected chi connectivity index (χ0v) is 12.5. The Balaban J connectivity index is 1.96. The van der Waals surface area contributed by atoms with Gasteiger partial charge < -0.3 is 11.1 Å². The fraction of sp³-hybridized carbons (Fsp3) is 0.312. The summed E-state index contributed by atoms with van der Waals surface area (Å²) in [4.78, 5) is 17.2. The molecule has 1 aromatic carbocycles. The quantitative estimate of drug-likeness (QED) is 0.855. The highest BCUT2D eigenvalue weighted by Gasteiger charge is 2.38. The number of nitrogens with one attached hydrogen (secondary N) is 1. The SMILES string of the molecule is NC(=S)C1(NC(=O)c2nccc3ccccc23)CCCC1. The Morgan fingerprint density at radius 2 is 1.95 bits per heavy atom. The van der Waals surface area contributed by atoms with Crippen LogP contribution in [0.25, 0.3) is 10.8 Å². The lowest BCUT2D eigenvalue weighted by Crippen LogP contribution is -2.55. The molecule has 1 amide bonds. The van der Waals surface area contributed by atoms with Crippen molar-refractivity contribution in [2.75, 3.05) is 0 Å². The van der Waals surface area contributed by atoms with Crippen LogP contribution < -0.4 is 11.1 Å². The molecular weight excluding hydrogens is 282 g/mol. The Morgan fingerprint density at radius 3 is 2.67 bits per heavy atom. The van der Waals surface area contributed by atoms with Crippen molar-refractivity contribution in [2.45, 2.75) is 31.2 Å². The number of amides is 1. The van der Waals surface area contributed by atoms with Gasteiger partial charge in [0, 0.05) is 11.6 Å². The van der Waals surface area contributed by atoms with Gasteiger partial charge in [-0.25, -0.2) is 0 Å². The minimum absolute atomic E-state index is 0.207. The van der Waals surface area contributed by atoms with Gasteiger partial charge >= 0.3 is 0 Å². The van der Waals surface area contributed by atoms with E-state index in [1.165, 1.54) is 0 Å². The number of nitrogens with two attached hydrogens (primary N) is 1. The van der Waals surface area contributed by atoms with Crippen molar-refractivity contribution >= 4 is 33.9 Å². The van der Waals surface area contributed by atoms with Crippen LogP contribution in [0.2, 0.25) is 0 Å². The molecule has 0 radical (unpaired) electrons. The van der Waals surface area contributed by atoms with E-state index in [2.05, 4.69) is 10.3 Å². The number of fused-ring (bicyclic) bond motifs is 1. The normalized spacial score (nSPS) is 16.8. The van der Waals surface area contributed by atoms with Crippen LogP contribution >= 0.6 is 12.2 Å². The van der Waals surface area contributed by atoms with E-state index >= 15 is 0 Å². The van der Waals surface area contributed by atoms with Crippen LogP contribution in [0.5, 0.6) is 0 Å². The van der Waals surface area contributed by atoms with Crippen molar-refractivity contribution in [3.8, 4) is 0 Å². The molecule has 0 aliphatic heterocycles. The maximum atomic E-state index is 12.6. The van der Waals surface area contributed by atoms with E-state index in [0.29, 0.717) is 10.7 Å². The van der Waals surface area contributed by atoms with Crippen LogP contribution in [0.15, 0.2) is 36.5 Å². The van der Waals surface area contributed by atoms with E-state index in [1.807, 2.05) is 30.3 Å². The number of rotatable bonds is 3. The Kier molecular flexibility index (Phi) is 3.59. The molecule has 1 aromatic heterocycles. The highest BCUT2D eigenvalue weighted by atomic mass is 32.1. The summed E-state index contributed by atoms with van der Waals surface area (Å²) < 4.78 is 0. The molecule has 5 heteroatoms. The number of hydrogen-bond donors (Lipinski definition) is 2. The lowest BCUT2D eigenvalue weighted by molar-refractivity contribution is 0.0921. The molecule has 4 nitrogen and oxygen atoms in total. The van der Waals surface area contributed by atoms with E-state index in [9.17, 15) is 4.79 Å². The maximum absolute atomic E-state index is 12.6. The molecule has 2 aromatic rings. The van der Waals surface area contributed by atoms with Crippen molar-refractivity contribution in [3.05, 3.63) is 42.2 Å². The van der Waals surface area contributed by atoms with Gasteiger partial charge in [0.1, 0.15) is 5.69 Å². The summed E-state index contributed by atoms with van der Waals surface area (Å²) in [6, 6.07) is 9.61. The standard InChI is InChI=1S/C16H17N3OS/c17-15(21)16(8-3-4-9-16)19-14(20)13-12-6-2-1-5-11(12)7-10-18-13/h1-2,5-7,10H,3-4,8-9H2,(H2,17,21)(H,19,20). The van der Waals surface area contributed by atoms with Gasteiger partial charge in [0.15, 0.2) is 0 Å². The number of carbonyl (C=O) groups is 1. The van der Waals surface area contributed by atoms with Crippen molar-refractivity contribution in [1.82, 2.24) is 10.3 Å². The molecule has 1 fully saturated rings. The van der Waals surface area contributed by atoms with Gasteiger partial charge in [0.2, 0.25) is 0 Å². The van der Waals surface area contributed by atoms with Gasteiger partial charge in [-0.15, -0.1) is 0 Å². The molecule has 21 heavy (non-hydrogen) atoms. The molecule has 0 saturated heterocycles. The van der Waals surface area contributed by atoms with Crippen molar-refractivity contribution in [1.29, 1.82) is 0 Å². The van der Waals surface area contributed by atoms with E-state index in [1.54, 1.807) is 6.20 Å². The molecule has 1 heterocycles. The number of carbonyl (C=O) groups excluding carboxylic acids is 1. The topological polar surface area (TPSA) is 68.0 Å². The van der Waals surface area contributed by atoms with Crippen molar-refractivity contribution < 1.29 is 4.79 Å². The van der Waals surface area contributed by atoms with Gasteiger partial charge in [-0.1, -0.05) is 49.3 Å². The molecule has 1 saturated carbocycles. The summed E-state index contributed by atoms with van der Waals surface area (Å²) in [5.74, 6) is -0.207. The van der Waals surface area contributed by atoms with Gasteiger partial charge in [0.05, 0.1) is 10.5 Å². The zero-order valence-electron chi connectivity index (χ0n) is 11.6. The second kappa shape index (κ2) is 5.41. The largest absolute Gasteiger partial charge is 0.391 e. The van der Waals surface area contributed by atoms with E-state index in [-0.39, 0.29) is 5.91 Å². The number of benzene rings is 1. The monoisotopic (exact) mass is 299 g/mol. The fourth-order valence-corrected chi connectivity index (χ4v) is 3.24. The lowest BCUT2D eigenvalue weighted by atomic mass is 9.97. The van der Waals surface area contributed by atoms with Gasteiger partial charge in [-0.3, -0.25) is 9.78 Å². The molecular formula is C16H17N3OS. The summed E-state index contributed by atoms with van der Waals surface area (Å²) in [6.45, 7) is 0. The lowest BCUT2D eigenvalue weighted by Gasteiger charge is -2.29. The van der Waals surface area contributed by atoms with Gasteiger partial charge in [0.25, 0.3) is 5.91 Å². The highest BCUT2D eigenvalue weighted by Crippen LogP contribution is 2.30. The number of pyridine rings is 1. The van der Waals surface area contributed by atoms with Gasteiger partial charge in [-0.2, -0.15) is 0 Å². The van der Waals surface area contributed by atoms with Gasteiger partial charge in [-0.05, 0) is 24.3 Å². The van der Waals surface area contributed by atoms with Crippen LogP contribution in [-0.4, -0.2) is 21.4 Å². The first kappa shape index (κ1) is 13.9. The Bertz CT molecular complexity index is 702. The first-order valence-corrected chi connectivity index (χ1v) is 7.49. The Hall–Kier alpha value is -2.01. The minimum atomic E-state index is -0.551. The number of hydrogen-bond acceptors (Lipinski definition) is 3. The summed E-state index contributed by atoms with van der Waals surface area (Å²) >= 11 is 5.17. The summed E-state index contributed by atoms with van der Waals surface area (Å²) in [5.41, 5.74) is 5.74. The van der Waals surface area contributed by atoms with E-state index in [4.69, 9.17) is 18.0 Å². The highest BCUT2D eigenvalue weighted by molar-refractivity contribution is 7.80. The van der Waals surface area contributed by atoms with Crippen LogP contribution in [-0.2, 0) is 0 Å². The average molecular weight is 299 g/mol. The summed E-state index contributed by atoms with van der Waals surface area (Å²) in [7, 11) is 0. The second-order valence-corrected chi connectivity index (χ2v) is 5.93. The number of nitrogens with zero attached hydrogens (tertiary/aromatic N) is 1. The van der Waals surface area contributed by atoms with Crippen molar-refractivity contribution in [2.24, 2.45) is 5.73 Å². The summed E-state index contributed by atoms with van der Waals surface area (Å²) in [5, 5.41) is 4.87. The van der Waals surface area contributed by atoms with Crippen LogP contribution in [0.1, 0.15) is 36.2 Å². The average Bonchev–Trinajstić information content (AvgIpc) is 2.96. The molecule has 1 aliphatic carbocycles. The number of thiocarbonyl (C=S) groups is 1. The minimum Gasteiger partial charge on any atom is -0.391 e. The Labute approximate surface area is 128 Å². The summed E-state index contributed by atoms with van der Waals surface area (Å²) in [6.07, 6.45) is 5.32. The molecule has 3 rings (SSSR count). The zero-order chi connectivity index (χ0) is 14.9. The smallest absolute Gasteiger partial charge is 0.271 e. The molecule has 108 valence electrons. The third-order valence-corrected chi connectivity index (χ3v) is 4.56. The van der Waals surface area contributed by atoms with E-state index < -0.39 is 5.54 Å². The molecule has 0 bridgehead atoms. The molecule has 3 N–H and O–H groups in total. The fourth-order valence-electron chi connectivity index (χ4n) is 2.99. The third kappa shape index (κ3) is 2.49. The number of aromatic nitrogens is 1. The maximum Gasteiger partial charge on any atom is 0.271 e. The second-order valence-electron chi connectivity index (χ2n) is 5.49. The molecule has 1 aliphatic rings. The van der Waals surface area contributed by atoms with Crippen LogP contribution in [0, 0.1) is 0 Å². The van der Waals surface area contributed by atoms with Crippen LogP contribution in [0.3, 0.4) is 0 Å².